The number of rotatable bonds is 11. The Kier molecular flexibility index (Phi) is 11.0. The number of aromatic nitrogens is 2. The molecule has 6 heterocycles. The molecule has 2 aliphatic carbocycles. The number of fused-ring (bicyclic) bond motifs is 3. The Labute approximate surface area is 400 Å². The lowest BCUT2D eigenvalue weighted by molar-refractivity contribution is -0.384. The third-order valence-corrected chi connectivity index (χ3v) is 17.7. The number of nitrogens with one attached hydrogen (secondary N) is 3. The van der Waals surface area contributed by atoms with E-state index >= 15 is 0 Å². The number of aromatic amines is 1. The van der Waals surface area contributed by atoms with Gasteiger partial charge in [0.25, 0.3) is 21.6 Å². The Morgan fingerprint density at radius 1 is 1.06 bits per heavy atom. The van der Waals surface area contributed by atoms with Gasteiger partial charge in [0, 0.05) is 86.7 Å². The van der Waals surface area contributed by atoms with E-state index in [1.807, 2.05) is 0 Å². The van der Waals surface area contributed by atoms with E-state index in [2.05, 4.69) is 79.9 Å². The number of hydrogen-bond acceptors (Lipinski definition) is 13. The number of anilines is 2. The average Bonchev–Trinajstić information content (AvgIpc) is 3.52. The van der Waals surface area contributed by atoms with Gasteiger partial charge in [0.05, 0.1) is 38.6 Å². The second-order valence-electron chi connectivity index (χ2n) is 21.3. The zero-order valence-corrected chi connectivity index (χ0v) is 40.2. The first kappa shape index (κ1) is 45.6. The highest BCUT2D eigenvalue weighted by Gasteiger charge is 2.73. The van der Waals surface area contributed by atoms with Crippen LogP contribution in [0.5, 0.6) is 17.2 Å². The molecular formula is C51H59FN8O8S. The standard InChI is InChI=1S/C51H59FN8O8S/c1-30(2)35-7-5-6-8-38(35)51-29-57(4)25-39(51)46(51)59-27-50(28-59)15-17-58(18-16-50)32-9-10-36(43(19-32)68-33-20-37-40(52)24-54-47(37)53-23-33)48(61)56-69(65,66)34-21-42(60(63)64)45-44(22-34)67-26-41(55-45)31-11-13-49(3,62)14-12-31/h5-10,19-24,30-31,39,41,46,55,62H,11-18,25-29H2,1-4H3,(H,53,54)(H,56,61)/t31-,39?,41-,46+,49-,51-/m1/s1. The summed E-state index contributed by atoms with van der Waals surface area (Å²) >= 11 is 0. The van der Waals surface area contributed by atoms with Crippen LogP contribution in [-0.4, -0.2) is 115 Å². The van der Waals surface area contributed by atoms with Gasteiger partial charge in [-0.15, -0.1) is 0 Å². The molecule has 364 valence electrons. The highest BCUT2D eigenvalue weighted by molar-refractivity contribution is 7.90. The van der Waals surface area contributed by atoms with Crippen molar-refractivity contribution in [1.29, 1.82) is 0 Å². The van der Waals surface area contributed by atoms with Gasteiger partial charge in [0.1, 0.15) is 29.6 Å². The van der Waals surface area contributed by atoms with Gasteiger partial charge in [0.15, 0.2) is 11.4 Å². The van der Waals surface area contributed by atoms with Crippen molar-refractivity contribution in [2.24, 2.45) is 17.3 Å². The van der Waals surface area contributed by atoms with Crippen LogP contribution in [0.15, 0.2) is 78.0 Å². The number of benzene rings is 3. The molecule has 1 unspecified atom stereocenters. The minimum atomic E-state index is -4.72. The molecule has 3 saturated heterocycles. The molecule has 18 heteroatoms. The van der Waals surface area contributed by atoms with Crippen molar-refractivity contribution in [2.75, 3.05) is 63.1 Å². The average molecular weight is 963 g/mol. The summed E-state index contributed by atoms with van der Waals surface area (Å²) in [5, 5.41) is 26.3. The van der Waals surface area contributed by atoms with Crippen molar-refractivity contribution < 1.29 is 37.1 Å². The number of nitro groups is 1. The van der Waals surface area contributed by atoms with E-state index in [-0.39, 0.29) is 63.3 Å². The number of H-pyrrole nitrogens is 1. The first-order valence-corrected chi connectivity index (χ1v) is 25.6. The molecule has 2 saturated carbocycles. The van der Waals surface area contributed by atoms with Gasteiger partial charge in [-0.05, 0) is 99.1 Å². The number of sulfonamides is 1. The zero-order valence-electron chi connectivity index (χ0n) is 39.3. The molecule has 4 aliphatic heterocycles. The van der Waals surface area contributed by atoms with Crippen molar-refractivity contribution in [3.8, 4) is 17.2 Å². The molecule has 2 aromatic heterocycles. The number of ether oxygens (including phenoxy) is 2. The molecule has 5 aromatic rings. The summed E-state index contributed by atoms with van der Waals surface area (Å²) in [6, 6.07) is 17.8. The lowest BCUT2D eigenvalue weighted by Crippen LogP contribution is -2.62. The third kappa shape index (κ3) is 8.06. The summed E-state index contributed by atoms with van der Waals surface area (Å²) < 4.78 is 57.0. The number of nitrogens with zero attached hydrogens (tertiary/aromatic N) is 5. The van der Waals surface area contributed by atoms with Gasteiger partial charge in [-0.2, -0.15) is 0 Å². The number of halogens is 1. The maximum atomic E-state index is 14.7. The van der Waals surface area contributed by atoms with E-state index in [1.54, 1.807) is 19.1 Å². The van der Waals surface area contributed by atoms with E-state index in [4.69, 9.17) is 9.47 Å². The van der Waals surface area contributed by atoms with Crippen LogP contribution in [0.4, 0.5) is 21.5 Å². The molecule has 0 bridgehead atoms. The number of carbonyl (C=O) groups is 1. The Bertz CT molecular complexity index is 2970. The highest BCUT2D eigenvalue weighted by atomic mass is 32.2. The first-order valence-electron chi connectivity index (χ1n) is 24.2. The van der Waals surface area contributed by atoms with Gasteiger partial charge >= 0.3 is 0 Å². The Balaban J connectivity index is 0.812. The molecule has 16 nitrogen and oxygen atoms in total. The Morgan fingerprint density at radius 3 is 2.55 bits per heavy atom. The maximum absolute atomic E-state index is 14.7. The van der Waals surface area contributed by atoms with Crippen LogP contribution >= 0.6 is 0 Å². The number of likely N-dealkylation sites (N-methyl/N-ethyl adjacent to an activating group) is 1. The maximum Gasteiger partial charge on any atom is 0.297 e. The van der Waals surface area contributed by atoms with E-state index in [0.29, 0.717) is 49.2 Å². The largest absolute Gasteiger partial charge is 0.489 e. The van der Waals surface area contributed by atoms with E-state index < -0.39 is 42.9 Å². The molecule has 6 aliphatic rings. The summed E-state index contributed by atoms with van der Waals surface area (Å²) in [7, 11) is -2.48. The van der Waals surface area contributed by atoms with Crippen LogP contribution in [0.2, 0.25) is 0 Å². The molecule has 0 radical (unpaired) electrons. The SMILES string of the molecule is CC(C)c1ccccc1[C@]12CN(C)CC1[C@@H]2N1CC2(CCN(c3ccc(C(=O)NS(=O)(=O)c4cc5c(c([N+](=O)[O-])c4)N[C@@H]([C@H]4CC[C@](C)(O)CC4)CO5)c(Oc4cnc5[nH]cc(F)c5c4)c3)CC2)C1. The van der Waals surface area contributed by atoms with Crippen LogP contribution in [-0.2, 0) is 15.4 Å². The molecule has 5 fully saturated rings. The number of nitro benzene ring substituents is 1. The topological polar surface area (TPSA) is 195 Å². The van der Waals surface area contributed by atoms with E-state index in [9.17, 15) is 32.8 Å². The molecule has 69 heavy (non-hydrogen) atoms. The van der Waals surface area contributed by atoms with Crippen LogP contribution in [0.3, 0.4) is 0 Å². The van der Waals surface area contributed by atoms with Gasteiger partial charge in [-0.3, -0.25) is 19.8 Å². The molecule has 1 amide bonds. The molecule has 4 atom stereocenters. The van der Waals surface area contributed by atoms with Crippen molar-refractivity contribution in [1.82, 2.24) is 24.5 Å². The second-order valence-corrected chi connectivity index (χ2v) is 23.0. The lowest BCUT2D eigenvalue weighted by atomic mass is 9.71. The van der Waals surface area contributed by atoms with Gasteiger partial charge < -0.3 is 34.7 Å². The van der Waals surface area contributed by atoms with Crippen LogP contribution in [0.25, 0.3) is 11.0 Å². The Hall–Kier alpha value is -5.82. The number of piperidine rings is 2. The number of pyridine rings is 1. The first-order chi connectivity index (χ1) is 32.9. The van der Waals surface area contributed by atoms with Crippen LogP contribution in [0.1, 0.15) is 86.7 Å². The predicted molar refractivity (Wildman–Crippen MR) is 258 cm³/mol. The number of amides is 1. The molecular weight excluding hydrogens is 904 g/mol. The van der Waals surface area contributed by atoms with Crippen molar-refractivity contribution in [3.05, 3.63) is 106 Å². The van der Waals surface area contributed by atoms with Crippen LogP contribution in [0, 0.1) is 33.2 Å². The zero-order chi connectivity index (χ0) is 48.2. The second kappa shape index (κ2) is 16.7. The molecule has 3 aromatic carbocycles. The lowest BCUT2D eigenvalue weighted by Gasteiger charge is -2.55. The van der Waals surface area contributed by atoms with Crippen molar-refractivity contribution in [3.63, 3.8) is 0 Å². The van der Waals surface area contributed by atoms with E-state index in [1.165, 1.54) is 41.7 Å². The third-order valence-electron chi connectivity index (χ3n) is 16.4. The quantitative estimate of drug-likeness (QED) is 0.0750. The number of carbonyl (C=O) groups excluding carboxylic acids is 1. The smallest absolute Gasteiger partial charge is 0.297 e. The molecule has 11 rings (SSSR count). The monoisotopic (exact) mass is 962 g/mol. The van der Waals surface area contributed by atoms with Gasteiger partial charge in [-0.25, -0.2) is 22.5 Å². The summed E-state index contributed by atoms with van der Waals surface area (Å²) in [6.45, 7) is 12.4. The highest BCUT2D eigenvalue weighted by Crippen LogP contribution is 2.64. The van der Waals surface area contributed by atoms with Crippen molar-refractivity contribution >= 4 is 44.0 Å². The van der Waals surface area contributed by atoms with Crippen LogP contribution < -0.4 is 24.4 Å². The van der Waals surface area contributed by atoms with Gasteiger partial charge in [-0.1, -0.05) is 38.1 Å². The fourth-order valence-corrected chi connectivity index (χ4v) is 13.6. The summed E-state index contributed by atoms with van der Waals surface area (Å²) in [5.41, 5.74) is 3.08. The molecule has 1 spiro atoms. The fourth-order valence-electron chi connectivity index (χ4n) is 12.6. The fraction of sp³-hybridized carbons (Fsp3) is 0.490. The number of hydrogen-bond donors (Lipinski definition) is 4. The minimum Gasteiger partial charge on any atom is -0.489 e. The number of aliphatic hydroxyl groups is 1. The normalized spacial score (nSPS) is 27.6. The van der Waals surface area contributed by atoms with Crippen molar-refractivity contribution in [2.45, 2.75) is 93.2 Å². The Morgan fingerprint density at radius 2 is 1.81 bits per heavy atom. The summed E-state index contributed by atoms with van der Waals surface area (Å²) in [5.74, 6) is -0.292. The molecule has 4 N–H and O–H groups in total. The summed E-state index contributed by atoms with van der Waals surface area (Å²) in [4.78, 5) is 39.8. The minimum absolute atomic E-state index is 0.0174. The predicted octanol–water partition coefficient (Wildman–Crippen LogP) is 7.54. The summed E-state index contributed by atoms with van der Waals surface area (Å²) in [6.07, 6.45) is 7.10. The number of likely N-dealkylation sites (tertiary alicyclic amines) is 2. The van der Waals surface area contributed by atoms with Gasteiger partial charge in [0.2, 0.25) is 0 Å². The van der Waals surface area contributed by atoms with E-state index in [0.717, 1.165) is 63.9 Å².